The molecule has 0 saturated heterocycles. The topological polar surface area (TPSA) is 38.0 Å². The van der Waals surface area contributed by atoms with Crippen LogP contribution < -0.4 is 11.3 Å². The molecule has 1 atom stereocenters. The number of benzene rings is 2. The van der Waals surface area contributed by atoms with Crippen LogP contribution in [0.4, 0.5) is 4.39 Å². The van der Waals surface area contributed by atoms with E-state index in [-0.39, 0.29) is 11.9 Å². The molecular weight excluding hydrogens is 251 g/mol. The second kappa shape index (κ2) is 6.16. The van der Waals surface area contributed by atoms with Gasteiger partial charge in [-0.3, -0.25) is 11.3 Å². The lowest BCUT2D eigenvalue weighted by Crippen LogP contribution is -2.30. The number of halogens is 1. The van der Waals surface area contributed by atoms with E-state index in [1.807, 2.05) is 13.0 Å². The van der Waals surface area contributed by atoms with Crippen LogP contribution in [0.1, 0.15) is 33.9 Å². The van der Waals surface area contributed by atoms with Crippen molar-refractivity contribution in [3.8, 4) is 0 Å². The molecule has 0 heterocycles. The molecule has 2 aromatic carbocycles. The van der Waals surface area contributed by atoms with Gasteiger partial charge in [-0.1, -0.05) is 41.5 Å². The molecule has 106 valence electrons. The minimum absolute atomic E-state index is 0.211. The Morgan fingerprint density at radius 2 is 1.65 bits per heavy atom. The van der Waals surface area contributed by atoms with Crippen LogP contribution in [0.3, 0.4) is 0 Å². The molecule has 20 heavy (non-hydrogen) atoms. The molecule has 1 unspecified atom stereocenters. The van der Waals surface area contributed by atoms with Gasteiger partial charge in [-0.25, -0.2) is 4.39 Å². The Morgan fingerprint density at radius 1 is 1.00 bits per heavy atom. The number of nitrogens with one attached hydrogen (secondary N) is 1. The molecular formula is C17H21FN2. The third-order valence-electron chi connectivity index (χ3n) is 3.45. The van der Waals surface area contributed by atoms with Crippen LogP contribution in [-0.4, -0.2) is 0 Å². The maximum atomic E-state index is 14.1. The minimum Gasteiger partial charge on any atom is -0.271 e. The summed E-state index contributed by atoms with van der Waals surface area (Å²) in [5, 5.41) is 0. The van der Waals surface area contributed by atoms with Crippen molar-refractivity contribution < 1.29 is 4.39 Å². The van der Waals surface area contributed by atoms with Crippen LogP contribution in [0.5, 0.6) is 0 Å². The van der Waals surface area contributed by atoms with Gasteiger partial charge in [-0.15, -0.1) is 0 Å². The smallest absolute Gasteiger partial charge is 0.128 e. The van der Waals surface area contributed by atoms with Gasteiger partial charge >= 0.3 is 0 Å². The van der Waals surface area contributed by atoms with Gasteiger partial charge in [0.2, 0.25) is 0 Å². The molecule has 3 N–H and O–H groups in total. The van der Waals surface area contributed by atoms with E-state index in [1.165, 1.54) is 11.1 Å². The van der Waals surface area contributed by atoms with Gasteiger partial charge in [-0.05, 0) is 44.4 Å². The summed E-state index contributed by atoms with van der Waals surface area (Å²) in [6, 6.07) is 11.4. The summed E-state index contributed by atoms with van der Waals surface area (Å²) in [5.74, 6) is 5.41. The second-order valence-corrected chi connectivity index (χ2v) is 5.44. The number of hydrogen-bond donors (Lipinski definition) is 2. The first-order valence-corrected chi connectivity index (χ1v) is 6.79. The summed E-state index contributed by atoms with van der Waals surface area (Å²) in [7, 11) is 0. The van der Waals surface area contributed by atoms with Crippen molar-refractivity contribution in [3.05, 3.63) is 70.0 Å². The number of nitrogens with two attached hydrogens (primary N) is 1. The van der Waals surface area contributed by atoms with Crippen molar-refractivity contribution in [2.45, 2.75) is 33.2 Å². The quantitative estimate of drug-likeness (QED) is 0.660. The summed E-state index contributed by atoms with van der Waals surface area (Å²) in [4.78, 5) is 0. The van der Waals surface area contributed by atoms with E-state index in [0.29, 0.717) is 12.0 Å². The van der Waals surface area contributed by atoms with Crippen LogP contribution in [0, 0.1) is 26.6 Å². The predicted molar refractivity (Wildman–Crippen MR) is 80.8 cm³/mol. The number of aryl methyl sites for hydroxylation is 3. The van der Waals surface area contributed by atoms with Crippen LogP contribution in [0.15, 0.2) is 36.4 Å². The molecule has 0 aromatic heterocycles. The maximum absolute atomic E-state index is 14.1. The third-order valence-corrected chi connectivity index (χ3v) is 3.45. The first-order chi connectivity index (χ1) is 9.49. The van der Waals surface area contributed by atoms with Crippen molar-refractivity contribution in [2.24, 2.45) is 5.84 Å². The molecule has 3 heteroatoms. The Balaban J connectivity index is 2.28. The highest BCUT2D eigenvalue weighted by molar-refractivity contribution is 5.32. The van der Waals surface area contributed by atoms with Gasteiger partial charge in [0.25, 0.3) is 0 Å². The molecule has 0 amide bonds. The molecule has 2 aromatic rings. The lowest BCUT2D eigenvalue weighted by Gasteiger charge is -2.18. The third kappa shape index (κ3) is 3.44. The zero-order valence-electron chi connectivity index (χ0n) is 12.2. The van der Waals surface area contributed by atoms with Gasteiger partial charge in [0.1, 0.15) is 5.82 Å². The van der Waals surface area contributed by atoms with E-state index in [4.69, 9.17) is 5.84 Å². The second-order valence-electron chi connectivity index (χ2n) is 5.44. The van der Waals surface area contributed by atoms with E-state index in [9.17, 15) is 4.39 Å². The SMILES string of the molecule is Cc1cc(C)cc(CC(NN)c2ccc(C)cc2F)c1. The van der Waals surface area contributed by atoms with Gasteiger partial charge in [-0.2, -0.15) is 0 Å². The fourth-order valence-corrected chi connectivity index (χ4v) is 2.60. The maximum Gasteiger partial charge on any atom is 0.128 e. The van der Waals surface area contributed by atoms with Gasteiger partial charge in [0.15, 0.2) is 0 Å². The normalized spacial score (nSPS) is 12.4. The van der Waals surface area contributed by atoms with Crippen LogP contribution >= 0.6 is 0 Å². The molecule has 0 bridgehead atoms. The lowest BCUT2D eigenvalue weighted by molar-refractivity contribution is 0.510. The summed E-state index contributed by atoms with van der Waals surface area (Å²) in [6.07, 6.45) is 0.666. The van der Waals surface area contributed by atoms with Crippen LogP contribution in [-0.2, 0) is 6.42 Å². The van der Waals surface area contributed by atoms with E-state index in [0.717, 1.165) is 11.1 Å². The predicted octanol–water partition coefficient (Wildman–Crippen LogP) is 3.50. The first kappa shape index (κ1) is 14.7. The van der Waals surface area contributed by atoms with Crippen molar-refractivity contribution >= 4 is 0 Å². The molecule has 0 aliphatic heterocycles. The van der Waals surface area contributed by atoms with Crippen molar-refractivity contribution in [3.63, 3.8) is 0 Å². The molecule has 2 nitrogen and oxygen atoms in total. The van der Waals surface area contributed by atoms with E-state index >= 15 is 0 Å². The Morgan fingerprint density at radius 3 is 2.20 bits per heavy atom. The number of hydrazine groups is 1. The van der Waals surface area contributed by atoms with Gasteiger partial charge in [0, 0.05) is 5.56 Å². The van der Waals surface area contributed by atoms with Gasteiger partial charge < -0.3 is 0 Å². The van der Waals surface area contributed by atoms with Crippen molar-refractivity contribution in [1.29, 1.82) is 0 Å². The Hall–Kier alpha value is -1.71. The first-order valence-electron chi connectivity index (χ1n) is 6.79. The molecule has 0 saturated carbocycles. The van der Waals surface area contributed by atoms with E-state index in [1.54, 1.807) is 12.1 Å². The number of hydrogen-bond acceptors (Lipinski definition) is 2. The minimum atomic E-state index is -0.225. The van der Waals surface area contributed by atoms with Gasteiger partial charge in [0.05, 0.1) is 6.04 Å². The lowest BCUT2D eigenvalue weighted by atomic mass is 9.96. The molecule has 2 rings (SSSR count). The van der Waals surface area contributed by atoms with Crippen LogP contribution in [0.25, 0.3) is 0 Å². The van der Waals surface area contributed by atoms with E-state index in [2.05, 4.69) is 37.5 Å². The average Bonchev–Trinajstić information content (AvgIpc) is 2.35. The zero-order chi connectivity index (χ0) is 14.7. The Labute approximate surface area is 119 Å². The summed E-state index contributed by atoms with van der Waals surface area (Å²) in [5.41, 5.74) is 7.82. The highest BCUT2D eigenvalue weighted by Crippen LogP contribution is 2.22. The summed E-state index contributed by atoms with van der Waals surface area (Å²) < 4.78 is 14.1. The standard InChI is InChI=1S/C17H21FN2/c1-11-4-5-15(16(18)9-11)17(20-19)10-14-7-12(2)6-13(3)8-14/h4-9,17,20H,10,19H2,1-3H3. The molecule has 0 spiro atoms. The fourth-order valence-electron chi connectivity index (χ4n) is 2.60. The molecule has 0 aliphatic carbocycles. The molecule has 0 fully saturated rings. The summed E-state index contributed by atoms with van der Waals surface area (Å²) >= 11 is 0. The van der Waals surface area contributed by atoms with Crippen LogP contribution in [0.2, 0.25) is 0 Å². The van der Waals surface area contributed by atoms with Crippen molar-refractivity contribution in [1.82, 2.24) is 5.43 Å². The molecule has 0 aliphatic rings. The monoisotopic (exact) mass is 272 g/mol. The summed E-state index contributed by atoms with van der Waals surface area (Å²) in [6.45, 7) is 6.00. The highest BCUT2D eigenvalue weighted by Gasteiger charge is 2.15. The number of rotatable bonds is 4. The Kier molecular flexibility index (Phi) is 4.53. The average molecular weight is 272 g/mol. The van der Waals surface area contributed by atoms with E-state index < -0.39 is 0 Å². The highest BCUT2D eigenvalue weighted by atomic mass is 19.1. The van der Waals surface area contributed by atoms with Crippen molar-refractivity contribution in [2.75, 3.05) is 0 Å². The fraction of sp³-hybridized carbons (Fsp3) is 0.294. The molecule has 0 radical (unpaired) electrons. The largest absolute Gasteiger partial charge is 0.271 e. The zero-order valence-corrected chi connectivity index (χ0v) is 12.2. The Bertz CT molecular complexity index is 588.